The Morgan fingerprint density at radius 2 is 1.76 bits per heavy atom. The van der Waals surface area contributed by atoms with Gasteiger partial charge in [0.15, 0.2) is 21.6 Å². The molecule has 1 aromatic heterocycles. The molecule has 0 aliphatic rings. The quantitative estimate of drug-likeness (QED) is 0.305. The molecule has 1 N–H and O–H groups in total. The minimum absolute atomic E-state index is 0.0207. The zero-order chi connectivity index (χ0) is 23.6. The van der Waals surface area contributed by atoms with Gasteiger partial charge in [0.25, 0.3) is 0 Å². The number of methoxy groups -OCH3 is 3. The van der Waals surface area contributed by atoms with E-state index in [1.807, 2.05) is 23.6 Å². The number of benzene rings is 2. The van der Waals surface area contributed by atoms with E-state index < -0.39 is 0 Å². The van der Waals surface area contributed by atoms with Crippen LogP contribution in [-0.4, -0.2) is 50.3 Å². The summed E-state index contributed by atoms with van der Waals surface area (Å²) in [5, 5.41) is 4.77. The van der Waals surface area contributed by atoms with Gasteiger partial charge in [0, 0.05) is 17.5 Å². The molecule has 0 aliphatic carbocycles. The fraction of sp³-hybridized carbons (Fsp3) is 0.292. The molecule has 0 saturated heterocycles. The van der Waals surface area contributed by atoms with Crippen molar-refractivity contribution in [3.05, 3.63) is 64.7 Å². The summed E-state index contributed by atoms with van der Waals surface area (Å²) in [4.78, 5) is 29.1. The minimum atomic E-state index is -0.0911. The van der Waals surface area contributed by atoms with Crippen molar-refractivity contribution in [2.75, 3.05) is 33.6 Å². The molecule has 174 valence electrons. The summed E-state index contributed by atoms with van der Waals surface area (Å²) < 4.78 is 16.4. The Morgan fingerprint density at radius 3 is 2.45 bits per heavy atom. The van der Waals surface area contributed by atoms with E-state index in [2.05, 4.69) is 10.3 Å². The monoisotopic (exact) mass is 486 g/mol. The number of aromatic nitrogens is 1. The van der Waals surface area contributed by atoms with E-state index in [4.69, 9.17) is 14.2 Å². The highest BCUT2D eigenvalue weighted by Crippen LogP contribution is 2.27. The number of ether oxygens (including phenoxy) is 3. The molecule has 1 heterocycles. The average Bonchev–Trinajstić information content (AvgIpc) is 3.29. The van der Waals surface area contributed by atoms with Crippen LogP contribution in [0.5, 0.6) is 17.2 Å². The lowest BCUT2D eigenvalue weighted by atomic mass is 10.1. The van der Waals surface area contributed by atoms with Crippen LogP contribution in [0.4, 0.5) is 0 Å². The first-order valence-electron chi connectivity index (χ1n) is 10.2. The highest BCUT2D eigenvalue weighted by molar-refractivity contribution is 8.01. The number of Topliss-reactive ketones (excluding diaryl/α,β-unsaturated/α-hetero) is 1. The maximum atomic E-state index is 12.3. The lowest BCUT2D eigenvalue weighted by molar-refractivity contribution is -0.120. The second-order valence-electron chi connectivity index (χ2n) is 7.01. The summed E-state index contributed by atoms with van der Waals surface area (Å²) in [6.45, 7) is 0.510. The van der Waals surface area contributed by atoms with Crippen LogP contribution < -0.4 is 19.5 Å². The van der Waals surface area contributed by atoms with Crippen LogP contribution in [0.2, 0.25) is 0 Å². The fourth-order valence-electron chi connectivity index (χ4n) is 3.03. The predicted molar refractivity (Wildman–Crippen MR) is 130 cm³/mol. The molecule has 7 nitrogen and oxygen atoms in total. The number of hydrogen-bond acceptors (Lipinski definition) is 8. The second-order valence-corrected chi connectivity index (χ2v) is 9.09. The molecule has 2 aromatic carbocycles. The molecule has 3 aromatic rings. The Kier molecular flexibility index (Phi) is 9.14. The SMILES string of the molecule is COc1ccc(C(=O)CSc2nc(CC(=O)NCCc3ccc(OC)c(OC)c3)cs2)cc1. The standard InChI is InChI=1S/C24H26N2O5S2/c1-29-19-7-5-17(6-8-19)20(27)15-33-24-26-18(14-32-24)13-23(28)25-11-10-16-4-9-21(30-2)22(12-16)31-3/h4-9,12,14H,10-11,13,15H2,1-3H3,(H,25,28). The molecular formula is C24H26N2O5S2. The molecule has 0 atom stereocenters. The van der Waals surface area contributed by atoms with Crippen molar-refractivity contribution in [2.45, 2.75) is 17.2 Å². The summed E-state index contributed by atoms with van der Waals surface area (Å²) in [6.07, 6.45) is 0.882. The van der Waals surface area contributed by atoms with Crippen LogP contribution >= 0.6 is 23.1 Å². The van der Waals surface area contributed by atoms with Gasteiger partial charge in [-0.15, -0.1) is 11.3 Å². The Morgan fingerprint density at radius 1 is 1.00 bits per heavy atom. The second kappa shape index (κ2) is 12.3. The van der Waals surface area contributed by atoms with E-state index in [0.717, 1.165) is 9.90 Å². The van der Waals surface area contributed by atoms with Crippen LogP contribution in [0.25, 0.3) is 0 Å². The number of ketones is 1. The predicted octanol–water partition coefficient (Wildman–Crippen LogP) is 4.05. The van der Waals surface area contributed by atoms with Gasteiger partial charge >= 0.3 is 0 Å². The molecular weight excluding hydrogens is 460 g/mol. The van der Waals surface area contributed by atoms with E-state index in [9.17, 15) is 9.59 Å². The van der Waals surface area contributed by atoms with Gasteiger partial charge in [-0.2, -0.15) is 0 Å². The van der Waals surface area contributed by atoms with Crippen molar-refractivity contribution in [1.29, 1.82) is 0 Å². The normalized spacial score (nSPS) is 10.5. The number of thioether (sulfide) groups is 1. The van der Waals surface area contributed by atoms with E-state index in [-0.39, 0.29) is 23.9 Å². The van der Waals surface area contributed by atoms with E-state index >= 15 is 0 Å². The van der Waals surface area contributed by atoms with Gasteiger partial charge in [-0.05, 0) is 48.4 Å². The molecule has 0 fully saturated rings. The van der Waals surface area contributed by atoms with E-state index in [0.29, 0.717) is 41.5 Å². The summed E-state index contributed by atoms with van der Waals surface area (Å²) in [5.41, 5.74) is 2.37. The number of carbonyl (C=O) groups excluding carboxylic acids is 2. The van der Waals surface area contributed by atoms with Crippen LogP contribution in [0.1, 0.15) is 21.6 Å². The van der Waals surface area contributed by atoms with Crippen LogP contribution in [-0.2, 0) is 17.6 Å². The Balaban J connectivity index is 1.42. The van der Waals surface area contributed by atoms with Crippen molar-refractivity contribution in [3.8, 4) is 17.2 Å². The number of amides is 1. The topological polar surface area (TPSA) is 86.8 Å². The average molecular weight is 487 g/mol. The first-order chi connectivity index (χ1) is 16.0. The Labute approximate surface area is 201 Å². The van der Waals surface area contributed by atoms with Crippen molar-refractivity contribution in [1.82, 2.24) is 10.3 Å². The third-order valence-corrected chi connectivity index (χ3v) is 6.86. The zero-order valence-electron chi connectivity index (χ0n) is 18.8. The highest BCUT2D eigenvalue weighted by atomic mass is 32.2. The molecule has 9 heteroatoms. The van der Waals surface area contributed by atoms with Crippen molar-refractivity contribution in [2.24, 2.45) is 0 Å². The first-order valence-corrected chi connectivity index (χ1v) is 12.1. The molecule has 0 unspecified atom stereocenters. The van der Waals surface area contributed by atoms with Gasteiger partial charge < -0.3 is 19.5 Å². The third kappa shape index (κ3) is 7.23. The van der Waals surface area contributed by atoms with Crippen LogP contribution in [0.3, 0.4) is 0 Å². The summed E-state index contributed by atoms with van der Waals surface area (Å²) in [5.74, 6) is 2.27. The van der Waals surface area contributed by atoms with Gasteiger partial charge in [-0.3, -0.25) is 9.59 Å². The highest BCUT2D eigenvalue weighted by Gasteiger charge is 2.12. The largest absolute Gasteiger partial charge is 0.497 e. The molecule has 0 radical (unpaired) electrons. The van der Waals surface area contributed by atoms with Crippen LogP contribution in [0, 0.1) is 0 Å². The Hall–Kier alpha value is -3.04. The number of rotatable bonds is 12. The van der Waals surface area contributed by atoms with Gasteiger partial charge in [0.1, 0.15) is 5.75 Å². The van der Waals surface area contributed by atoms with E-state index in [1.165, 1.54) is 23.1 Å². The van der Waals surface area contributed by atoms with Gasteiger partial charge in [-0.1, -0.05) is 17.8 Å². The number of nitrogens with zero attached hydrogens (tertiary/aromatic N) is 1. The maximum Gasteiger partial charge on any atom is 0.226 e. The first kappa shape index (κ1) is 24.6. The number of hydrogen-bond donors (Lipinski definition) is 1. The zero-order valence-corrected chi connectivity index (χ0v) is 20.4. The lowest BCUT2D eigenvalue weighted by Gasteiger charge is -2.10. The number of nitrogens with one attached hydrogen (secondary N) is 1. The van der Waals surface area contributed by atoms with Crippen molar-refractivity contribution >= 4 is 34.8 Å². The fourth-order valence-corrected chi connectivity index (χ4v) is 4.77. The summed E-state index contributed by atoms with van der Waals surface area (Å²) in [7, 11) is 4.78. The van der Waals surface area contributed by atoms with E-state index in [1.54, 1.807) is 45.6 Å². The van der Waals surface area contributed by atoms with Gasteiger partial charge in [0.2, 0.25) is 5.91 Å². The third-order valence-electron chi connectivity index (χ3n) is 4.79. The molecule has 0 aliphatic heterocycles. The number of carbonyl (C=O) groups is 2. The number of thiazole rings is 1. The molecule has 0 spiro atoms. The summed E-state index contributed by atoms with van der Waals surface area (Å²) in [6, 6.07) is 12.7. The van der Waals surface area contributed by atoms with Gasteiger partial charge in [0.05, 0.1) is 39.2 Å². The minimum Gasteiger partial charge on any atom is -0.497 e. The lowest BCUT2D eigenvalue weighted by Crippen LogP contribution is -2.27. The summed E-state index contributed by atoms with van der Waals surface area (Å²) >= 11 is 2.81. The van der Waals surface area contributed by atoms with Gasteiger partial charge in [-0.25, -0.2) is 4.98 Å². The molecule has 33 heavy (non-hydrogen) atoms. The molecule has 0 saturated carbocycles. The molecule has 1 amide bonds. The maximum absolute atomic E-state index is 12.3. The van der Waals surface area contributed by atoms with Crippen molar-refractivity contribution in [3.63, 3.8) is 0 Å². The Bertz CT molecular complexity index is 1080. The molecule has 0 bridgehead atoms. The van der Waals surface area contributed by atoms with Crippen molar-refractivity contribution < 1.29 is 23.8 Å². The molecule has 3 rings (SSSR count). The smallest absolute Gasteiger partial charge is 0.226 e. The van der Waals surface area contributed by atoms with Crippen LogP contribution in [0.15, 0.2) is 52.2 Å².